The summed E-state index contributed by atoms with van der Waals surface area (Å²) in [7, 11) is 0. The second-order valence-corrected chi connectivity index (χ2v) is 8.60. The van der Waals surface area contributed by atoms with E-state index in [0.717, 1.165) is 16.7 Å². The third-order valence-corrected chi connectivity index (χ3v) is 5.87. The van der Waals surface area contributed by atoms with Gasteiger partial charge in [0.2, 0.25) is 6.29 Å². The van der Waals surface area contributed by atoms with Gasteiger partial charge in [-0.25, -0.2) is 0 Å². The number of carbonyl (C=O) groups is 1. The number of rotatable bonds is 10. The minimum atomic E-state index is -0.913. The van der Waals surface area contributed by atoms with E-state index < -0.39 is 30.6 Å². The number of hydrogen-bond donors (Lipinski definition) is 0. The van der Waals surface area contributed by atoms with E-state index >= 15 is 0 Å². The summed E-state index contributed by atoms with van der Waals surface area (Å²) in [6, 6.07) is 29.7. The fourth-order valence-electron chi connectivity index (χ4n) is 4.13. The van der Waals surface area contributed by atoms with Gasteiger partial charge in [0.15, 0.2) is 0 Å². The lowest BCUT2D eigenvalue weighted by atomic mass is 9.98. The molecule has 1 fully saturated rings. The molecule has 0 aromatic heterocycles. The fourth-order valence-corrected chi connectivity index (χ4v) is 4.13. The molecule has 0 aliphatic carbocycles. The van der Waals surface area contributed by atoms with Gasteiger partial charge in [-0.1, -0.05) is 91.0 Å². The molecule has 5 atom stereocenters. The lowest BCUT2D eigenvalue weighted by Crippen LogP contribution is -2.60. The smallest absolute Gasteiger partial charge is 0.305 e. The summed E-state index contributed by atoms with van der Waals surface area (Å²) in [6.45, 7) is 4.34. The molecule has 3 aromatic carbocycles. The summed E-state index contributed by atoms with van der Waals surface area (Å²) in [5, 5.41) is 0. The molecule has 184 valence electrons. The topological polar surface area (TPSA) is 63.2 Å². The van der Waals surface area contributed by atoms with Gasteiger partial charge >= 0.3 is 5.97 Å². The van der Waals surface area contributed by atoms with E-state index in [2.05, 4.69) is 0 Å². The fraction of sp³-hybridized carbons (Fsp3) is 0.345. The zero-order valence-corrected chi connectivity index (χ0v) is 20.1. The number of ether oxygens (including phenoxy) is 5. The first-order chi connectivity index (χ1) is 17.1. The highest BCUT2D eigenvalue weighted by molar-refractivity contribution is 5.66. The quantitative estimate of drug-likeness (QED) is 0.382. The molecule has 1 saturated heterocycles. The van der Waals surface area contributed by atoms with Crippen LogP contribution >= 0.6 is 0 Å². The first-order valence-electron chi connectivity index (χ1n) is 11.9. The van der Waals surface area contributed by atoms with Gasteiger partial charge in [0, 0.05) is 6.92 Å². The highest BCUT2D eigenvalue weighted by Gasteiger charge is 2.48. The molecule has 0 amide bonds. The van der Waals surface area contributed by atoms with Crippen LogP contribution in [0.25, 0.3) is 0 Å². The van der Waals surface area contributed by atoms with Crippen molar-refractivity contribution in [3.63, 3.8) is 0 Å². The predicted octanol–water partition coefficient (Wildman–Crippen LogP) is 5.05. The molecule has 6 heteroatoms. The molecule has 4 rings (SSSR count). The second kappa shape index (κ2) is 12.6. The van der Waals surface area contributed by atoms with Crippen molar-refractivity contribution in [1.82, 2.24) is 0 Å². The van der Waals surface area contributed by atoms with E-state index in [1.807, 2.05) is 97.9 Å². The van der Waals surface area contributed by atoms with Crippen LogP contribution in [0.5, 0.6) is 0 Å². The molecule has 35 heavy (non-hydrogen) atoms. The van der Waals surface area contributed by atoms with Gasteiger partial charge < -0.3 is 23.7 Å². The Balaban J connectivity index is 1.57. The SMILES string of the molecule is CC(=O)OC1O[C@H](C)[C@H](OCc2ccccc2)[C@H](OCc2ccccc2)[C@H]1OCc1ccccc1. The number of benzene rings is 3. The Labute approximate surface area is 206 Å². The van der Waals surface area contributed by atoms with Gasteiger partial charge in [0.05, 0.1) is 25.9 Å². The average Bonchev–Trinajstić information content (AvgIpc) is 2.88. The van der Waals surface area contributed by atoms with Crippen molar-refractivity contribution in [1.29, 1.82) is 0 Å². The average molecular weight is 477 g/mol. The van der Waals surface area contributed by atoms with Gasteiger partial charge in [0.25, 0.3) is 0 Å². The molecule has 1 aliphatic heterocycles. The Morgan fingerprint density at radius 3 is 1.49 bits per heavy atom. The molecule has 1 aliphatic rings. The van der Waals surface area contributed by atoms with E-state index in [4.69, 9.17) is 23.7 Å². The van der Waals surface area contributed by atoms with Gasteiger partial charge in [0.1, 0.15) is 18.3 Å². The Kier molecular flexibility index (Phi) is 9.03. The lowest BCUT2D eigenvalue weighted by Gasteiger charge is -2.44. The molecule has 3 aromatic rings. The molecule has 0 spiro atoms. The molecule has 6 nitrogen and oxygen atoms in total. The van der Waals surface area contributed by atoms with Gasteiger partial charge in [-0.3, -0.25) is 4.79 Å². The highest BCUT2D eigenvalue weighted by atomic mass is 16.7. The molecular weight excluding hydrogens is 444 g/mol. The van der Waals surface area contributed by atoms with E-state index in [9.17, 15) is 4.79 Å². The monoisotopic (exact) mass is 476 g/mol. The Bertz CT molecular complexity index is 1030. The third-order valence-electron chi connectivity index (χ3n) is 5.87. The molecule has 0 bridgehead atoms. The summed E-state index contributed by atoms with van der Waals surface area (Å²) in [4.78, 5) is 11.9. The zero-order valence-electron chi connectivity index (χ0n) is 20.1. The molecule has 1 unspecified atom stereocenters. The number of carbonyl (C=O) groups excluding carboxylic acids is 1. The van der Waals surface area contributed by atoms with Crippen LogP contribution in [0.3, 0.4) is 0 Å². The predicted molar refractivity (Wildman–Crippen MR) is 131 cm³/mol. The van der Waals surface area contributed by atoms with Gasteiger partial charge in [-0.2, -0.15) is 0 Å². The van der Waals surface area contributed by atoms with E-state index in [1.165, 1.54) is 6.92 Å². The van der Waals surface area contributed by atoms with E-state index in [0.29, 0.717) is 19.8 Å². The maximum absolute atomic E-state index is 11.9. The standard InChI is InChI=1S/C29H32O6/c1-21-26(31-18-23-12-6-3-7-13-23)27(32-19-24-14-8-4-9-15-24)28(29(34-21)35-22(2)30)33-20-25-16-10-5-11-17-25/h3-17,21,26-29H,18-20H2,1-2H3/t21-,26+,27+,28-,29?/m1/s1. The summed E-state index contributed by atoms with van der Waals surface area (Å²) < 4.78 is 30.7. The van der Waals surface area contributed by atoms with Gasteiger partial charge in [-0.05, 0) is 23.6 Å². The van der Waals surface area contributed by atoms with Gasteiger partial charge in [-0.15, -0.1) is 0 Å². The number of hydrogen-bond acceptors (Lipinski definition) is 6. The molecule has 0 N–H and O–H groups in total. The highest BCUT2D eigenvalue weighted by Crippen LogP contribution is 2.31. The van der Waals surface area contributed by atoms with Crippen molar-refractivity contribution >= 4 is 5.97 Å². The van der Waals surface area contributed by atoms with Crippen LogP contribution in [0.1, 0.15) is 30.5 Å². The third kappa shape index (κ3) is 7.23. The maximum atomic E-state index is 11.9. The normalized spacial score (nSPS) is 24.1. The van der Waals surface area contributed by atoms with Crippen molar-refractivity contribution in [3.05, 3.63) is 108 Å². The summed E-state index contributed by atoms with van der Waals surface area (Å²) >= 11 is 0. The zero-order chi connectivity index (χ0) is 24.5. The van der Waals surface area contributed by atoms with Crippen LogP contribution in [0.2, 0.25) is 0 Å². The van der Waals surface area contributed by atoms with Crippen molar-refractivity contribution in [2.45, 2.75) is 64.4 Å². The summed E-state index contributed by atoms with van der Waals surface area (Å²) in [6.07, 6.45) is -2.95. The van der Waals surface area contributed by atoms with Crippen LogP contribution in [0.4, 0.5) is 0 Å². The minimum Gasteiger partial charge on any atom is -0.433 e. The second-order valence-electron chi connectivity index (χ2n) is 8.60. The Morgan fingerprint density at radius 2 is 1.06 bits per heavy atom. The van der Waals surface area contributed by atoms with Crippen molar-refractivity contribution in [3.8, 4) is 0 Å². The van der Waals surface area contributed by atoms with Crippen LogP contribution in [0.15, 0.2) is 91.0 Å². The van der Waals surface area contributed by atoms with E-state index in [-0.39, 0.29) is 6.10 Å². The van der Waals surface area contributed by atoms with Crippen LogP contribution in [-0.2, 0) is 48.3 Å². The first kappa shape index (κ1) is 25.1. The molecule has 0 radical (unpaired) electrons. The number of esters is 1. The van der Waals surface area contributed by atoms with E-state index in [1.54, 1.807) is 0 Å². The summed E-state index contributed by atoms with van der Waals surface area (Å²) in [5.41, 5.74) is 3.07. The molecule has 0 saturated carbocycles. The van der Waals surface area contributed by atoms with Crippen LogP contribution < -0.4 is 0 Å². The summed E-state index contributed by atoms with van der Waals surface area (Å²) in [5.74, 6) is -0.444. The van der Waals surface area contributed by atoms with Crippen LogP contribution in [0, 0.1) is 0 Å². The first-order valence-corrected chi connectivity index (χ1v) is 11.9. The maximum Gasteiger partial charge on any atom is 0.305 e. The minimum absolute atomic E-state index is 0.317. The molecular formula is C29H32O6. The van der Waals surface area contributed by atoms with Crippen molar-refractivity contribution in [2.75, 3.05) is 0 Å². The Hall–Kier alpha value is -3.03. The largest absolute Gasteiger partial charge is 0.433 e. The van der Waals surface area contributed by atoms with Crippen molar-refractivity contribution in [2.24, 2.45) is 0 Å². The Morgan fingerprint density at radius 1 is 0.657 bits per heavy atom. The van der Waals surface area contributed by atoms with Crippen LogP contribution in [-0.4, -0.2) is 36.7 Å². The van der Waals surface area contributed by atoms with Crippen molar-refractivity contribution < 1.29 is 28.5 Å². The lowest BCUT2D eigenvalue weighted by molar-refractivity contribution is -0.311. The molecule has 1 heterocycles.